The number of ether oxygens (including phenoxy) is 1. The molecule has 0 bridgehead atoms. The maximum absolute atomic E-state index is 13.0. The average Bonchev–Trinajstić information content (AvgIpc) is 3.19. The fourth-order valence-electron chi connectivity index (χ4n) is 4.83. The van der Waals surface area contributed by atoms with Crippen molar-refractivity contribution < 1.29 is 18.3 Å². The van der Waals surface area contributed by atoms with Gasteiger partial charge in [0.05, 0.1) is 17.6 Å². The van der Waals surface area contributed by atoms with Gasteiger partial charge in [-0.05, 0) is 57.1 Å². The zero-order valence-corrected chi connectivity index (χ0v) is 20.2. The molecule has 0 spiro atoms. The highest BCUT2D eigenvalue weighted by molar-refractivity contribution is 7.13. The van der Waals surface area contributed by atoms with E-state index in [1.807, 2.05) is 6.92 Å². The summed E-state index contributed by atoms with van der Waals surface area (Å²) < 4.78 is 31.3. The highest BCUT2D eigenvalue weighted by Gasteiger charge is 2.27. The molecule has 2 aromatic rings. The lowest BCUT2D eigenvalue weighted by Crippen LogP contribution is -2.32. The SMILES string of the molecule is Cc1nnccc1C(=O)CC1CCC(CCN2CCc3sc(OCC(C)(F)F)nc3C2)CC1. The molecule has 1 saturated carbocycles. The Morgan fingerprint density at radius 3 is 2.76 bits per heavy atom. The van der Waals surface area contributed by atoms with Crippen molar-refractivity contribution in [1.29, 1.82) is 0 Å². The molecule has 0 atom stereocenters. The predicted molar refractivity (Wildman–Crippen MR) is 123 cm³/mol. The summed E-state index contributed by atoms with van der Waals surface area (Å²) in [5.41, 5.74) is 2.39. The molecule has 1 aliphatic carbocycles. The number of hydrogen-bond acceptors (Lipinski definition) is 7. The lowest BCUT2D eigenvalue weighted by atomic mass is 9.78. The number of aryl methyl sites for hydroxylation is 1. The molecule has 0 aromatic carbocycles. The topological polar surface area (TPSA) is 68.2 Å². The molecule has 0 saturated heterocycles. The van der Waals surface area contributed by atoms with Crippen LogP contribution in [-0.2, 0) is 13.0 Å². The Kier molecular flexibility index (Phi) is 7.69. The van der Waals surface area contributed by atoms with Gasteiger partial charge >= 0.3 is 0 Å². The van der Waals surface area contributed by atoms with Crippen LogP contribution in [0.1, 0.15) is 72.1 Å². The Morgan fingerprint density at radius 1 is 1.27 bits per heavy atom. The summed E-state index contributed by atoms with van der Waals surface area (Å²) in [4.78, 5) is 20.6. The third-order valence-electron chi connectivity index (χ3n) is 6.74. The third-order valence-corrected chi connectivity index (χ3v) is 7.81. The van der Waals surface area contributed by atoms with Crippen LogP contribution in [0.25, 0.3) is 0 Å². The van der Waals surface area contributed by atoms with Gasteiger partial charge in [-0.15, -0.1) is 0 Å². The summed E-state index contributed by atoms with van der Waals surface area (Å²) in [6.45, 7) is 4.83. The molecular formula is C24H32F2N4O2S. The Labute approximate surface area is 197 Å². The number of ketones is 1. The molecule has 180 valence electrons. The van der Waals surface area contributed by atoms with E-state index >= 15 is 0 Å². The fraction of sp³-hybridized carbons (Fsp3) is 0.667. The standard InChI is InChI=1S/C24H32F2N4O2S/c1-16-19(7-10-27-29-16)21(31)13-18-5-3-17(4-6-18)8-11-30-12-9-22-20(14-30)28-23(33-22)32-15-24(2,25)26/h7,10,17-18H,3-6,8-9,11-15H2,1-2H3. The van der Waals surface area contributed by atoms with Gasteiger partial charge in [0, 0.05) is 36.9 Å². The van der Waals surface area contributed by atoms with Gasteiger partial charge in [0.25, 0.3) is 11.1 Å². The maximum Gasteiger partial charge on any atom is 0.278 e. The first-order chi connectivity index (χ1) is 15.8. The van der Waals surface area contributed by atoms with Crippen molar-refractivity contribution in [2.24, 2.45) is 11.8 Å². The van der Waals surface area contributed by atoms with Crippen molar-refractivity contribution in [2.45, 2.75) is 71.3 Å². The van der Waals surface area contributed by atoms with Crippen LogP contribution in [0.2, 0.25) is 0 Å². The zero-order valence-electron chi connectivity index (χ0n) is 19.4. The quantitative estimate of drug-likeness (QED) is 0.467. The molecule has 4 rings (SSSR count). The van der Waals surface area contributed by atoms with Crippen LogP contribution in [0.4, 0.5) is 8.78 Å². The van der Waals surface area contributed by atoms with E-state index in [0.29, 0.717) is 34.7 Å². The first-order valence-electron chi connectivity index (χ1n) is 11.8. The monoisotopic (exact) mass is 478 g/mol. The van der Waals surface area contributed by atoms with Gasteiger partial charge in [-0.3, -0.25) is 9.69 Å². The molecule has 1 aliphatic heterocycles. The summed E-state index contributed by atoms with van der Waals surface area (Å²) in [6.07, 6.45) is 8.79. The molecular weight excluding hydrogens is 446 g/mol. The molecule has 3 heterocycles. The first-order valence-corrected chi connectivity index (χ1v) is 12.6. The molecule has 0 radical (unpaired) electrons. The van der Waals surface area contributed by atoms with E-state index in [1.54, 1.807) is 12.3 Å². The number of aromatic nitrogens is 3. The van der Waals surface area contributed by atoms with E-state index in [-0.39, 0.29) is 5.78 Å². The van der Waals surface area contributed by atoms with Crippen LogP contribution < -0.4 is 4.74 Å². The minimum Gasteiger partial charge on any atom is -0.464 e. The van der Waals surface area contributed by atoms with E-state index in [2.05, 4.69) is 20.1 Å². The van der Waals surface area contributed by atoms with Crippen molar-refractivity contribution in [1.82, 2.24) is 20.1 Å². The number of nitrogens with zero attached hydrogens (tertiary/aromatic N) is 4. The Morgan fingerprint density at radius 2 is 2.03 bits per heavy atom. The number of carbonyl (C=O) groups is 1. The first kappa shape index (κ1) is 24.1. The second-order valence-electron chi connectivity index (χ2n) is 9.57. The van der Waals surface area contributed by atoms with E-state index in [0.717, 1.165) is 62.8 Å². The minimum atomic E-state index is -2.85. The van der Waals surface area contributed by atoms with Gasteiger partial charge in [0.15, 0.2) is 12.4 Å². The van der Waals surface area contributed by atoms with Gasteiger partial charge in [-0.2, -0.15) is 10.2 Å². The predicted octanol–water partition coefficient (Wildman–Crippen LogP) is 5.10. The van der Waals surface area contributed by atoms with Crippen LogP contribution in [0.15, 0.2) is 12.3 Å². The van der Waals surface area contributed by atoms with Crippen LogP contribution in [0, 0.1) is 18.8 Å². The third kappa shape index (κ3) is 6.76. The van der Waals surface area contributed by atoms with Crippen LogP contribution in [-0.4, -0.2) is 51.5 Å². The van der Waals surface area contributed by atoms with Crippen LogP contribution in [0.3, 0.4) is 0 Å². The van der Waals surface area contributed by atoms with Gasteiger partial charge in [0.2, 0.25) is 0 Å². The molecule has 33 heavy (non-hydrogen) atoms. The maximum atomic E-state index is 13.0. The number of alkyl halides is 2. The van der Waals surface area contributed by atoms with E-state index in [1.165, 1.54) is 24.2 Å². The fourth-order valence-corrected chi connectivity index (χ4v) is 5.73. The molecule has 0 amide bonds. The number of fused-ring (bicyclic) bond motifs is 1. The van der Waals surface area contributed by atoms with E-state index < -0.39 is 12.5 Å². The number of rotatable bonds is 9. The summed E-state index contributed by atoms with van der Waals surface area (Å²) in [5, 5.41) is 8.18. The van der Waals surface area contributed by atoms with Crippen LogP contribution >= 0.6 is 11.3 Å². The summed E-state index contributed by atoms with van der Waals surface area (Å²) >= 11 is 1.40. The highest BCUT2D eigenvalue weighted by atomic mass is 32.1. The molecule has 0 N–H and O–H groups in total. The Balaban J connectivity index is 1.18. The Bertz CT molecular complexity index is 954. The largest absolute Gasteiger partial charge is 0.464 e. The summed E-state index contributed by atoms with van der Waals surface area (Å²) in [5.74, 6) is -1.50. The van der Waals surface area contributed by atoms with Gasteiger partial charge < -0.3 is 4.74 Å². The lowest BCUT2D eigenvalue weighted by Gasteiger charge is -2.31. The van der Waals surface area contributed by atoms with Crippen LogP contribution in [0.5, 0.6) is 5.19 Å². The average molecular weight is 479 g/mol. The number of thiazole rings is 1. The van der Waals surface area contributed by atoms with E-state index in [9.17, 15) is 13.6 Å². The smallest absolute Gasteiger partial charge is 0.278 e. The molecule has 0 unspecified atom stereocenters. The lowest BCUT2D eigenvalue weighted by molar-refractivity contribution is -0.0230. The second kappa shape index (κ2) is 10.5. The summed E-state index contributed by atoms with van der Waals surface area (Å²) in [7, 11) is 0. The van der Waals surface area contributed by atoms with Gasteiger partial charge in [-0.25, -0.2) is 13.8 Å². The number of hydrogen-bond donors (Lipinski definition) is 0. The minimum absolute atomic E-state index is 0.184. The zero-order chi connectivity index (χ0) is 23.4. The summed E-state index contributed by atoms with van der Waals surface area (Å²) in [6, 6.07) is 1.77. The number of halogens is 2. The van der Waals surface area contributed by atoms with Gasteiger partial charge in [-0.1, -0.05) is 24.2 Å². The van der Waals surface area contributed by atoms with Crippen molar-refractivity contribution in [3.63, 3.8) is 0 Å². The number of Topliss-reactive ketones (excluding diaryl/α,β-unsaturated/α-hetero) is 1. The highest BCUT2D eigenvalue weighted by Crippen LogP contribution is 2.35. The molecule has 2 aromatic heterocycles. The van der Waals surface area contributed by atoms with Crippen molar-refractivity contribution in [2.75, 3.05) is 19.7 Å². The van der Waals surface area contributed by atoms with Crippen molar-refractivity contribution in [3.05, 3.63) is 34.1 Å². The molecule has 1 fully saturated rings. The second-order valence-corrected chi connectivity index (χ2v) is 10.6. The number of carbonyl (C=O) groups excluding carboxylic acids is 1. The molecule has 6 nitrogen and oxygen atoms in total. The molecule has 9 heteroatoms. The van der Waals surface area contributed by atoms with E-state index in [4.69, 9.17) is 4.74 Å². The van der Waals surface area contributed by atoms with Gasteiger partial charge in [0.1, 0.15) is 0 Å². The normalized spacial score (nSPS) is 21.6. The van der Waals surface area contributed by atoms with Crippen molar-refractivity contribution >= 4 is 17.1 Å². The molecule has 2 aliphatic rings. The Hall–Kier alpha value is -2.00. The van der Waals surface area contributed by atoms with Crippen molar-refractivity contribution in [3.8, 4) is 5.19 Å².